The Morgan fingerprint density at radius 2 is 1.72 bits per heavy atom. The molecule has 1 fully saturated rings. The Hall–Kier alpha value is -3.07. The van der Waals surface area contributed by atoms with Gasteiger partial charge in [0.15, 0.2) is 6.10 Å². The summed E-state index contributed by atoms with van der Waals surface area (Å²) in [5.41, 5.74) is 2.50. The lowest BCUT2D eigenvalue weighted by atomic mass is 10.1. The molecule has 36 heavy (non-hydrogen) atoms. The SMILES string of the molecule is O=C(NCc1cccc(CN2CCCC2)c1)[C@H]1CN(S(=O)(=O)c2ccccc2)c2cc(Cl)ccc2O1. The van der Waals surface area contributed by atoms with Crippen LogP contribution in [0.1, 0.15) is 24.0 Å². The predicted octanol–water partition coefficient (Wildman–Crippen LogP) is 4.21. The van der Waals surface area contributed by atoms with Crippen LogP contribution in [0, 0.1) is 0 Å². The number of benzene rings is 3. The summed E-state index contributed by atoms with van der Waals surface area (Å²) >= 11 is 6.16. The molecule has 9 heteroatoms. The summed E-state index contributed by atoms with van der Waals surface area (Å²) in [5.74, 6) is -0.0910. The molecule has 3 aromatic rings. The fraction of sp³-hybridized carbons (Fsp3) is 0.296. The van der Waals surface area contributed by atoms with E-state index in [0.717, 1.165) is 25.2 Å². The topological polar surface area (TPSA) is 79.0 Å². The first kappa shape index (κ1) is 24.6. The maximum absolute atomic E-state index is 13.5. The summed E-state index contributed by atoms with van der Waals surface area (Å²) in [4.78, 5) is 15.7. The highest BCUT2D eigenvalue weighted by Gasteiger charge is 2.37. The highest BCUT2D eigenvalue weighted by atomic mass is 35.5. The first-order valence-electron chi connectivity index (χ1n) is 12.0. The van der Waals surface area contributed by atoms with Crippen LogP contribution in [-0.2, 0) is 27.9 Å². The van der Waals surface area contributed by atoms with Crippen molar-refractivity contribution in [3.8, 4) is 5.75 Å². The van der Waals surface area contributed by atoms with Gasteiger partial charge in [0.05, 0.1) is 17.1 Å². The van der Waals surface area contributed by atoms with Crippen molar-refractivity contribution >= 4 is 33.2 Å². The van der Waals surface area contributed by atoms with Gasteiger partial charge in [0.2, 0.25) is 0 Å². The van der Waals surface area contributed by atoms with Crippen LogP contribution < -0.4 is 14.4 Å². The lowest BCUT2D eigenvalue weighted by molar-refractivity contribution is -0.127. The molecule has 1 saturated heterocycles. The largest absolute Gasteiger partial charge is 0.476 e. The number of halogens is 1. The maximum atomic E-state index is 13.5. The first-order chi connectivity index (χ1) is 17.4. The number of sulfonamides is 1. The number of rotatable bonds is 7. The molecule has 0 spiro atoms. The monoisotopic (exact) mass is 525 g/mol. The molecule has 1 N–H and O–H groups in total. The van der Waals surface area contributed by atoms with Crippen molar-refractivity contribution in [2.75, 3.05) is 23.9 Å². The summed E-state index contributed by atoms with van der Waals surface area (Å²) in [6.07, 6.45) is 1.47. The summed E-state index contributed by atoms with van der Waals surface area (Å²) in [5, 5.41) is 3.30. The second-order valence-corrected chi connectivity index (χ2v) is 11.4. The van der Waals surface area contributed by atoms with Gasteiger partial charge < -0.3 is 10.1 Å². The Morgan fingerprint density at radius 1 is 0.972 bits per heavy atom. The number of likely N-dealkylation sites (tertiary alicyclic amines) is 1. The number of nitrogens with one attached hydrogen (secondary N) is 1. The van der Waals surface area contributed by atoms with Gasteiger partial charge in [-0.2, -0.15) is 0 Å². The molecule has 0 bridgehead atoms. The summed E-state index contributed by atoms with van der Waals surface area (Å²) in [6, 6.07) is 21.0. The van der Waals surface area contributed by atoms with Crippen LogP contribution in [-0.4, -0.2) is 45.0 Å². The van der Waals surface area contributed by atoms with Crippen LogP contribution >= 0.6 is 11.6 Å². The summed E-state index contributed by atoms with van der Waals surface area (Å²) in [7, 11) is -3.93. The molecule has 7 nitrogen and oxygen atoms in total. The number of carbonyl (C=O) groups excluding carboxylic acids is 1. The number of fused-ring (bicyclic) bond motifs is 1. The zero-order valence-electron chi connectivity index (χ0n) is 19.8. The lowest BCUT2D eigenvalue weighted by Gasteiger charge is -2.34. The lowest BCUT2D eigenvalue weighted by Crippen LogP contribution is -2.50. The third kappa shape index (κ3) is 5.36. The highest BCUT2D eigenvalue weighted by Crippen LogP contribution is 2.38. The van der Waals surface area contributed by atoms with Gasteiger partial charge in [-0.05, 0) is 67.4 Å². The average molecular weight is 526 g/mol. The van der Waals surface area contributed by atoms with E-state index in [1.165, 1.54) is 40.9 Å². The summed E-state index contributed by atoms with van der Waals surface area (Å²) < 4.78 is 34.1. The van der Waals surface area contributed by atoms with Crippen LogP contribution in [0.5, 0.6) is 5.75 Å². The van der Waals surface area contributed by atoms with Crippen molar-refractivity contribution in [2.24, 2.45) is 0 Å². The maximum Gasteiger partial charge on any atom is 0.264 e. The van der Waals surface area contributed by atoms with Gasteiger partial charge >= 0.3 is 0 Å². The van der Waals surface area contributed by atoms with Gasteiger partial charge in [0, 0.05) is 18.1 Å². The van der Waals surface area contributed by atoms with Gasteiger partial charge in [0.1, 0.15) is 5.75 Å². The first-order valence-corrected chi connectivity index (χ1v) is 13.8. The van der Waals surface area contributed by atoms with E-state index < -0.39 is 16.1 Å². The third-order valence-electron chi connectivity index (χ3n) is 6.48. The molecule has 0 aromatic heterocycles. The van der Waals surface area contributed by atoms with Gasteiger partial charge in [-0.3, -0.25) is 14.0 Å². The van der Waals surface area contributed by atoms with Crippen molar-refractivity contribution in [1.82, 2.24) is 10.2 Å². The van der Waals surface area contributed by atoms with Crippen molar-refractivity contribution in [2.45, 2.75) is 36.9 Å². The van der Waals surface area contributed by atoms with Crippen LogP contribution in [0.15, 0.2) is 77.7 Å². The van der Waals surface area contributed by atoms with E-state index in [0.29, 0.717) is 17.3 Å². The standard InChI is InChI=1S/C27H28ClN3O4S/c28-22-11-12-25-24(16-22)31(36(33,34)23-9-2-1-3-10-23)19-26(35-25)27(32)29-17-20-7-6-8-21(15-20)18-30-13-4-5-14-30/h1-3,6-12,15-16,26H,4-5,13-14,17-19H2,(H,29,32)/t26-/m1/s1. The Balaban J connectivity index is 1.32. The predicted molar refractivity (Wildman–Crippen MR) is 140 cm³/mol. The van der Waals surface area contributed by atoms with E-state index in [2.05, 4.69) is 22.3 Å². The average Bonchev–Trinajstić information content (AvgIpc) is 3.40. The van der Waals surface area contributed by atoms with E-state index in [1.54, 1.807) is 30.3 Å². The molecule has 1 atom stereocenters. The fourth-order valence-electron chi connectivity index (χ4n) is 4.65. The number of hydrogen-bond acceptors (Lipinski definition) is 5. The molecule has 0 aliphatic carbocycles. The zero-order chi connectivity index (χ0) is 25.1. The van der Waals surface area contributed by atoms with Gasteiger partial charge in [0.25, 0.3) is 15.9 Å². The number of amides is 1. The number of ether oxygens (including phenoxy) is 1. The van der Waals surface area contributed by atoms with E-state index in [9.17, 15) is 13.2 Å². The number of anilines is 1. The van der Waals surface area contributed by atoms with Crippen LogP contribution in [0.3, 0.4) is 0 Å². The van der Waals surface area contributed by atoms with E-state index in [-0.39, 0.29) is 23.1 Å². The third-order valence-corrected chi connectivity index (χ3v) is 8.51. The van der Waals surface area contributed by atoms with E-state index >= 15 is 0 Å². The van der Waals surface area contributed by atoms with Crippen LogP contribution in [0.4, 0.5) is 5.69 Å². The molecule has 2 aliphatic heterocycles. The molecule has 0 radical (unpaired) electrons. The van der Waals surface area contributed by atoms with Crippen molar-refractivity contribution in [1.29, 1.82) is 0 Å². The molecule has 2 aliphatic rings. The Bertz CT molecular complexity index is 1340. The minimum absolute atomic E-state index is 0.131. The second kappa shape index (κ2) is 10.5. The normalized spacial score (nSPS) is 17.9. The van der Waals surface area contributed by atoms with Gasteiger partial charge in [-0.15, -0.1) is 0 Å². The van der Waals surface area contributed by atoms with Crippen LogP contribution in [0.25, 0.3) is 0 Å². The quantitative estimate of drug-likeness (QED) is 0.500. The summed E-state index contributed by atoms with van der Waals surface area (Å²) in [6.45, 7) is 3.31. The van der Waals surface area contributed by atoms with Crippen LogP contribution in [0.2, 0.25) is 5.02 Å². The molecule has 5 rings (SSSR count). The van der Waals surface area contributed by atoms with Crippen molar-refractivity contribution in [3.63, 3.8) is 0 Å². The molecule has 0 saturated carbocycles. The number of nitrogens with zero attached hydrogens (tertiary/aromatic N) is 2. The van der Waals surface area contributed by atoms with E-state index in [4.69, 9.17) is 16.3 Å². The Morgan fingerprint density at radius 3 is 2.50 bits per heavy atom. The molecule has 0 unspecified atom stereocenters. The highest BCUT2D eigenvalue weighted by molar-refractivity contribution is 7.92. The molecule has 2 heterocycles. The molecule has 1 amide bonds. The molecular formula is C27H28ClN3O4S. The van der Waals surface area contributed by atoms with E-state index in [1.807, 2.05) is 12.1 Å². The van der Waals surface area contributed by atoms with Gasteiger partial charge in [-0.25, -0.2) is 8.42 Å². The number of carbonyl (C=O) groups is 1. The molecule has 3 aromatic carbocycles. The minimum atomic E-state index is -3.93. The van der Waals surface area contributed by atoms with Crippen molar-refractivity contribution in [3.05, 3.63) is 88.9 Å². The fourth-order valence-corrected chi connectivity index (χ4v) is 6.30. The number of hydrogen-bond donors (Lipinski definition) is 1. The second-order valence-electron chi connectivity index (χ2n) is 9.09. The molecule has 188 valence electrons. The minimum Gasteiger partial charge on any atom is -0.476 e. The zero-order valence-corrected chi connectivity index (χ0v) is 21.3. The van der Waals surface area contributed by atoms with Crippen molar-refractivity contribution < 1.29 is 17.9 Å². The Labute approximate surface area is 216 Å². The smallest absolute Gasteiger partial charge is 0.264 e. The Kier molecular flexibility index (Phi) is 7.18. The molecular weight excluding hydrogens is 498 g/mol. The van der Waals surface area contributed by atoms with Gasteiger partial charge in [-0.1, -0.05) is 54.1 Å².